The third-order valence-corrected chi connectivity index (χ3v) is 4.49. The van der Waals surface area contributed by atoms with Gasteiger partial charge < -0.3 is 15.1 Å². The molecule has 2 aromatic rings. The second kappa shape index (κ2) is 7.96. The minimum Gasteiger partial charge on any atom is -0.368 e. The summed E-state index contributed by atoms with van der Waals surface area (Å²) in [4.78, 5) is 33.1. The van der Waals surface area contributed by atoms with Gasteiger partial charge in [0.05, 0.1) is 0 Å². The Morgan fingerprint density at radius 3 is 2.29 bits per heavy atom. The predicted molar refractivity (Wildman–Crippen MR) is 106 cm³/mol. The van der Waals surface area contributed by atoms with E-state index in [1.165, 1.54) is 24.4 Å². The van der Waals surface area contributed by atoms with Crippen molar-refractivity contribution < 1.29 is 14.0 Å². The molecular formula is C21H25FN4O2. The highest BCUT2D eigenvalue weighted by atomic mass is 19.1. The van der Waals surface area contributed by atoms with Crippen molar-refractivity contribution >= 4 is 17.5 Å². The zero-order valence-electron chi connectivity index (χ0n) is 16.4. The van der Waals surface area contributed by atoms with E-state index in [9.17, 15) is 14.0 Å². The molecule has 1 aliphatic rings. The lowest BCUT2D eigenvalue weighted by atomic mass is 10.1. The molecular weight excluding hydrogens is 359 g/mol. The van der Waals surface area contributed by atoms with Gasteiger partial charge in [0.1, 0.15) is 11.5 Å². The van der Waals surface area contributed by atoms with E-state index in [0.29, 0.717) is 31.7 Å². The molecule has 1 aromatic heterocycles. The van der Waals surface area contributed by atoms with E-state index >= 15 is 0 Å². The highest BCUT2D eigenvalue weighted by molar-refractivity contribution is 5.98. The number of benzene rings is 1. The fourth-order valence-corrected chi connectivity index (χ4v) is 3.08. The number of carbonyl (C=O) groups is 2. The number of nitrogens with one attached hydrogen (secondary N) is 1. The smallest absolute Gasteiger partial charge is 0.272 e. The van der Waals surface area contributed by atoms with E-state index in [1.807, 2.05) is 20.8 Å². The quantitative estimate of drug-likeness (QED) is 0.884. The normalized spacial score (nSPS) is 14.7. The molecule has 2 heterocycles. The molecule has 0 radical (unpaired) electrons. The number of anilines is 1. The molecule has 0 unspecified atom stereocenters. The minimum absolute atomic E-state index is 0.191. The van der Waals surface area contributed by atoms with Crippen LogP contribution < -0.4 is 10.2 Å². The number of hydrogen-bond acceptors (Lipinski definition) is 4. The minimum atomic E-state index is -0.360. The van der Waals surface area contributed by atoms with Crippen molar-refractivity contribution in [2.45, 2.75) is 26.3 Å². The fourth-order valence-electron chi connectivity index (χ4n) is 3.08. The fraction of sp³-hybridized carbons (Fsp3) is 0.381. The summed E-state index contributed by atoms with van der Waals surface area (Å²) in [5.74, 6) is -0.687. The molecule has 3 rings (SSSR count). The second-order valence-corrected chi connectivity index (χ2v) is 7.89. The van der Waals surface area contributed by atoms with Gasteiger partial charge in [0, 0.05) is 49.2 Å². The van der Waals surface area contributed by atoms with Gasteiger partial charge in [-0.15, -0.1) is 0 Å². The van der Waals surface area contributed by atoms with E-state index in [1.54, 1.807) is 23.1 Å². The Bertz CT molecular complexity index is 853. The molecule has 0 aliphatic carbocycles. The summed E-state index contributed by atoms with van der Waals surface area (Å²) in [6.07, 6.45) is 1.49. The number of halogens is 1. The number of hydrogen-bond donors (Lipinski definition) is 1. The molecule has 1 fully saturated rings. The molecule has 1 N–H and O–H groups in total. The first-order valence-electron chi connectivity index (χ1n) is 9.31. The molecule has 2 amide bonds. The van der Waals surface area contributed by atoms with Crippen LogP contribution in [-0.4, -0.2) is 53.4 Å². The van der Waals surface area contributed by atoms with E-state index in [4.69, 9.17) is 0 Å². The van der Waals surface area contributed by atoms with Crippen molar-refractivity contribution in [2.75, 3.05) is 31.1 Å². The summed E-state index contributed by atoms with van der Waals surface area (Å²) in [5, 5.41) is 2.88. The second-order valence-electron chi connectivity index (χ2n) is 7.89. The van der Waals surface area contributed by atoms with Gasteiger partial charge >= 0.3 is 0 Å². The number of carbonyl (C=O) groups excluding carboxylic acids is 2. The van der Waals surface area contributed by atoms with E-state index in [2.05, 4.69) is 15.2 Å². The molecule has 28 heavy (non-hydrogen) atoms. The maximum atomic E-state index is 13.1. The van der Waals surface area contributed by atoms with Crippen LogP contribution in [0.5, 0.6) is 0 Å². The summed E-state index contributed by atoms with van der Waals surface area (Å²) >= 11 is 0. The first-order valence-corrected chi connectivity index (χ1v) is 9.31. The number of pyridine rings is 1. The largest absolute Gasteiger partial charge is 0.368 e. The van der Waals surface area contributed by atoms with Crippen LogP contribution in [0.15, 0.2) is 42.6 Å². The van der Waals surface area contributed by atoms with Crippen molar-refractivity contribution in [1.29, 1.82) is 0 Å². The Kier molecular flexibility index (Phi) is 5.63. The van der Waals surface area contributed by atoms with Crippen LogP contribution in [0.1, 0.15) is 41.6 Å². The molecule has 1 aromatic carbocycles. The maximum Gasteiger partial charge on any atom is 0.272 e. The van der Waals surface area contributed by atoms with Gasteiger partial charge in [-0.1, -0.05) is 0 Å². The molecule has 6 nitrogen and oxygen atoms in total. The first kappa shape index (κ1) is 19.8. The number of piperazine rings is 1. The molecule has 0 bridgehead atoms. The summed E-state index contributed by atoms with van der Waals surface area (Å²) in [6.45, 7) is 8.09. The summed E-state index contributed by atoms with van der Waals surface area (Å²) in [7, 11) is 0. The van der Waals surface area contributed by atoms with Gasteiger partial charge in [0.2, 0.25) is 0 Å². The first-order chi connectivity index (χ1) is 13.2. The topological polar surface area (TPSA) is 65.5 Å². The average Bonchev–Trinajstić information content (AvgIpc) is 2.67. The lowest BCUT2D eigenvalue weighted by Gasteiger charge is -2.36. The maximum absolute atomic E-state index is 13.1. The molecule has 7 heteroatoms. The van der Waals surface area contributed by atoms with E-state index in [0.717, 1.165) is 5.69 Å². The van der Waals surface area contributed by atoms with Gasteiger partial charge in [-0.25, -0.2) is 4.39 Å². The van der Waals surface area contributed by atoms with Crippen molar-refractivity contribution in [2.24, 2.45) is 0 Å². The van der Waals surface area contributed by atoms with Gasteiger partial charge in [-0.05, 0) is 57.2 Å². The molecule has 148 valence electrons. The van der Waals surface area contributed by atoms with Gasteiger partial charge in [-0.3, -0.25) is 14.6 Å². The molecule has 0 saturated carbocycles. The Hall–Kier alpha value is -2.96. The third-order valence-electron chi connectivity index (χ3n) is 4.49. The Labute approximate surface area is 164 Å². The zero-order valence-corrected chi connectivity index (χ0v) is 16.4. The number of rotatable bonds is 3. The Morgan fingerprint density at radius 2 is 1.68 bits per heavy atom. The van der Waals surface area contributed by atoms with E-state index in [-0.39, 0.29) is 28.9 Å². The van der Waals surface area contributed by atoms with Crippen LogP contribution in [0.4, 0.5) is 10.1 Å². The molecule has 1 saturated heterocycles. The Morgan fingerprint density at radius 1 is 1.04 bits per heavy atom. The number of nitrogens with zero attached hydrogens (tertiary/aromatic N) is 3. The van der Waals surface area contributed by atoms with Gasteiger partial charge in [-0.2, -0.15) is 0 Å². The lowest BCUT2D eigenvalue weighted by Crippen LogP contribution is -2.49. The van der Waals surface area contributed by atoms with Crippen LogP contribution in [-0.2, 0) is 0 Å². The highest BCUT2D eigenvalue weighted by Gasteiger charge is 2.24. The summed E-state index contributed by atoms with van der Waals surface area (Å²) in [6, 6.07) is 9.49. The average molecular weight is 384 g/mol. The third kappa shape index (κ3) is 4.85. The molecule has 1 aliphatic heterocycles. The SMILES string of the molecule is CC(C)(C)NC(=O)c1ccnc(C(=O)N2CCN(c3ccc(F)cc3)CC2)c1. The summed E-state index contributed by atoms with van der Waals surface area (Å²) in [5.41, 5.74) is 1.25. The Balaban J connectivity index is 1.64. The van der Waals surface area contributed by atoms with Crippen LogP contribution >= 0.6 is 0 Å². The summed E-state index contributed by atoms with van der Waals surface area (Å²) < 4.78 is 13.1. The van der Waals surface area contributed by atoms with Crippen LogP contribution in [0.3, 0.4) is 0 Å². The monoisotopic (exact) mass is 384 g/mol. The molecule has 0 atom stereocenters. The van der Waals surface area contributed by atoms with Crippen molar-refractivity contribution in [3.8, 4) is 0 Å². The standard InChI is InChI=1S/C21H25FN4O2/c1-21(2,3)24-19(27)15-8-9-23-18(14-15)20(28)26-12-10-25(11-13-26)17-6-4-16(22)5-7-17/h4-9,14H,10-13H2,1-3H3,(H,24,27). The van der Waals surface area contributed by atoms with Gasteiger partial charge in [0.25, 0.3) is 11.8 Å². The number of aromatic nitrogens is 1. The van der Waals surface area contributed by atoms with Crippen LogP contribution in [0.25, 0.3) is 0 Å². The van der Waals surface area contributed by atoms with Crippen molar-refractivity contribution in [3.63, 3.8) is 0 Å². The van der Waals surface area contributed by atoms with Crippen molar-refractivity contribution in [1.82, 2.24) is 15.2 Å². The molecule has 0 spiro atoms. The zero-order chi connectivity index (χ0) is 20.3. The van der Waals surface area contributed by atoms with Crippen LogP contribution in [0.2, 0.25) is 0 Å². The predicted octanol–water partition coefficient (Wildman–Crippen LogP) is 2.71. The lowest BCUT2D eigenvalue weighted by molar-refractivity contribution is 0.0741. The number of amides is 2. The highest BCUT2D eigenvalue weighted by Crippen LogP contribution is 2.18. The van der Waals surface area contributed by atoms with E-state index < -0.39 is 0 Å². The van der Waals surface area contributed by atoms with Gasteiger partial charge in [0.15, 0.2) is 0 Å². The van der Waals surface area contributed by atoms with Crippen molar-refractivity contribution in [3.05, 3.63) is 59.7 Å². The van der Waals surface area contributed by atoms with Crippen LogP contribution in [0, 0.1) is 5.82 Å².